The van der Waals surface area contributed by atoms with Crippen LogP contribution in [0.5, 0.6) is 0 Å². The number of aromatic carboxylic acids is 1. The second kappa shape index (κ2) is 5.38. The van der Waals surface area contributed by atoms with Gasteiger partial charge < -0.3 is 5.11 Å². The molecule has 0 aliphatic heterocycles. The van der Waals surface area contributed by atoms with Crippen molar-refractivity contribution >= 4 is 45.0 Å². The molecule has 0 bridgehead atoms. The van der Waals surface area contributed by atoms with Gasteiger partial charge in [-0.05, 0) is 53.2 Å². The van der Waals surface area contributed by atoms with Gasteiger partial charge in [-0.15, -0.1) is 0 Å². The molecule has 0 amide bonds. The lowest BCUT2D eigenvalue weighted by Gasteiger charge is -2.02. The second-order valence-corrected chi connectivity index (χ2v) is 6.58. The Morgan fingerprint density at radius 3 is 2.83 bits per heavy atom. The fraction of sp³-hybridized carbons (Fsp3) is 0.182. The fourth-order valence-electron chi connectivity index (χ4n) is 1.28. The van der Waals surface area contributed by atoms with E-state index in [0.29, 0.717) is 10.0 Å². The maximum absolute atomic E-state index is 10.9. The van der Waals surface area contributed by atoms with Crippen LogP contribution >= 0.6 is 39.0 Å². The molecule has 94 valence electrons. The fourth-order valence-corrected chi connectivity index (χ4v) is 3.76. The van der Waals surface area contributed by atoms with Crippen LogP contribution in [-0.4, -0.2) is 21.0 Å². The standard InChI is InChI=1S/C11H9BrN2O2S2/c1-5-3-4-13-9(7(5)12)18-11-14-6(2)8(17-11)10(15)16/h3-4H,1-2H3,(H,15,16). The van der Waals surface area contributed by atoms with Gasteiger partial charge in [-0.2, -0.15) is 0 Å². The smallest absolute Gasteiger partial charge is 0.347 e. The topological polar surface area (TPSA) is 63.1 Å². The Hall–Kier alpha value is -0.920. The second-order valence-electron chi connectivity index (χ2n) is 3.55. The van der Waals surface area contributed by atoms with Crippen molar-refractivity contribution in [1.82, 2.24) is 9.97 Å². The van der Waals surface area contributed by atoms with E-state index in [1.807, 2.05) is 13.0 Å². The Morgan fingerprint density at radius 1 is 1.50 bits per heavy atom. The molecule has 0 radical (unpaired) electrons. The SMILES string of the molecule is Cc1ccnc(Sc2nc(C)c(C(=O)O)s2)c1Br. The van der Waals surface area contributed by atoms with Crippen LogP contribution in [0.15, 0.2) is 26.1 Å². The summed E-state index contributed by atoms with van der Waals surface area (Å²) in [5, 5.41) is 9.77. The first-order valence-corrected chi connectivity index (χ1v) is 7.41. The van der Waals surface area contributed by atoms with Crippen molar-refractivity contribution in [2.45, 2.75) is 23.2 Å². The van der Waals surface area contributed by atoms with Crippen molar-refractivity contribution in [2.24, 2.45) is 0 Å². The van der Waals surface area contributed by atoms with Gasteiger partial charge in [-0.25, -0.2) is 14.8 Å². The van der Waals surface area contributed by atoms with E-state index < -0.39 is 5.97 Å². The van der Waals surface area contributed by atoms with E-state index in [9.17, 15) is 4.79 Å². The van der Waals surface area contributed by atoms with Crippen LogP contribution in [0.4, 0.5) is 0 Å². The Kier molecular flexibility index (Phi) is 4.04. The summed E-state index contributed by atoms with van der Waals surface area (Å²) in [6.45, 7) is 3.67. The minimum Gasteiger partial charge on any atom is -0.477 e. The van der Waals surface area contributed by atoms with Gasteiger partial charge in [0.2, 0.25) is 0 Å². The number of aromatic nitrogens is 2. The molecule has 0 unspecified atom stereocenters. The van der Waals surface area contributed by atoms with Gasteiger partial charge in [0.05, 0.1) is 10.2 Å². The molecule has 0 atom stereocenters. The highest BCUT2D eigenvalue weighted by Gasteiger charge is 2.16. The lowest BCUT2D eigenvalue weighted by Crippen LogP contribution is -1.94. The zero-order valence-corrected chi connectivity index (χ0v) is 12.8. The lowest BCUT2D eigenvalue weighted by molar-refractivity contribution is 0.0701. The van der Waals surface area contributed by atoms with Gasteiger partial charge in [-0.1, -0.05) is 11.3 Å². The van der Waals surface area contributed by atoms with Crippen molar-refractivity contribution < 1.29 is 9.90 Å². The van der Waals surface area contributed by atoms with Crippen LogP contribution < -0.4 is 0 Å². The number of rotatable bonds is 3. The highest BCUT2D eigenvalue weighted by molar-refractivity contribution is 9.10. The van der Waals surface area contributed by atoms with E-state index in [0.717, 1.165) is 15.1 Å². The molecule has 0 aliphatic rings. The van der Waals surface area contributed by atoms with Gasteiger partial charge in [-0.3, -0.25) is 0 Å². The average Bonchev–Trinajstić information content (AvgIpc) is 2.66. The van der Waals surface area contributed by atoms with E-state index in [4.69, 9.17) is 5.11 Å². The van der Waals surface area contributed by atoms with Gasteiger partial charge in [0.1, 0.15) is 9.90 Å². The Labute approximate surface area is 121 Å². The summed E-state index contributed by atoms with van der Waals surface area (Å²) in [5.74, 6) is -0.937. The number of hydrogen-bond donors (Lipinski definition) is 1. The summed E-state index contributed by atoms with van der Waals surface area (Å²) in [6.07, 6.45) is 1.72. The van der Waals surface area contributed by atoms with Crippen LogP contribution in [0.25, 0.3) is 0 Å². The molecule has 0 aliphatic carbocycles. The largest absolute Gasteiger partial charge is 0.477 e. The number of aryl methyl sites for hydroxylation is 2. The molecular formula is C11H9BrN2O2S2. The normalized spacial score (nSPS) is 10.6. The monoisotopic (exact) mass is 344 g/mol. The van der Waals surface area contributed by atoms with Gasteiger partial charge >= 0.3 is 5.97 Å². The van der Waals surface area contributed by atoms with Crippen LogP contribution in [0.2, 0.25) is 0 Å². The highest BCUT2D eigenvalue weighted by atomic mass is 79.9. The third-order valence-corrected chi connectivity index (χ3v) is 5.68. The third kappa shape index (κ3) is 2.73. The van der Waals surface area contributed by atoms with Gasteiger partial charge in [0.25, 0.3) is 0 Å². The average molecular weight is 345 g/mol. The summed E-state index contributed by atoms with van der Waals surface area (Å²) in [4.78, 5) is 19.7. The number of hydrogen-bond acceptors (Lipinski definition) is 5. The molecule has 2 aromatic heterocycles. The predicted molar refractivity (Wildman–Crippen MR) is 74.6 cm³/mol. The summed E-state index contributed by atoms with van der Waals surface area (Å²) >= 11 is 6.00. The quantitative estimate of drug-likeness (QED) is 0.918. The number of thiazole rings is 1. The summed E-state index contributed by atoms with van der Waals surface area (Å²) in [6, 6.07) is 1.91. The molecule has 18 heavy (non-hydrogen) atoms. The van der Waals surface area contributed by atoms with Gasteiger partial charge in [0.15, 0.2) is 4.34 Å². The molecule has 2 aromatic rings. The van der Waals surface area contributed by atoms with Gasteiger partial charge in [0, 0.05) is 6.20 Å². The van der Waals surface area contributed by atoms with E-state index >= 15 is 0 Å². The van der Waals surface area contributed by atoms with Crippen molar-refractivity contribution in [2.75, 3.05) is 0 Å². The molecule has 0 saturated carbocycles. The van der Waals surface area contributed by atoms with Crippen LogP contribution in [-0.2, 0) is 0 Å². The van der Waals surface area contributed by atoms with E-state index in [1.54, 1.807) is 13.1 Å². The minimum atomic E-state index is -0.937. The molecule has 2 heterocycles. The number of nitrogens with zero attached hydrogens (tertiary/aromatic N) is 2. The highest BCUT2D eigenvalue weighted by Crippen LogP contribution is 2.36. The van der Waals surface area contributed by atoms with Crippen molar-refractivity contribution in [3.8, 4) is 0 Å². The third-order valence-electron chi connectivity index (χ3n) is 2.21. The van der Waals surface area contributed by atoms with Crippen molar-refractivity contribution in [1.29, 1.82) is 0 Å². The van der Waals surface area contributed by atoms with Crippen LogP contribution in [0.3, 0.4) is 0 Å². The molecule has 1 N–H and O–H groups in total. The van der Waals surface area contributed by atoms with E-state index in [2.05, 4.69) is 25.9 Å². The molecule has 0 fully saturated rings. The lowest BCUT2D eigenvalue weighted by atomic mass is 10.3. The van der Waals surface area contributed by atoms with Crippen molar-refractivity contribution in [3.05, 3.63) is 32.9 Å². The maximum Gasteiger partial charge on any atom is 0.347 e. The zero-order valence-electron chi connectivity index (χ0n) is 9.60. The molecule has 0 spiro atoms. The molecular weight excluding hydrogens is 336 g/mol. The summed E-state index contributed by atoms with van der Waals surface area (Å²) in [5.41, 5.74) is 1.62. The number of carboxylic acid groups (broad SMARTS) is 1. The molecule has 0 aromatic carbocycles. The summed E-state index contributed by atoms with van der Waals surface area (Å²) in [7, 11) is 0. The molecule has 4 nitrogen and oxygen atoms in total. The first-order chi connectivity index (χ1) is 8.49. The van der Waals surface area contributed by atoms with E-state index in [-0.39, 0.29) is 4.88 Å². The first-order valence-electron chi connectivity index (χ1n) is 4.98. The van der Waals surface area contributed by atoms with E-state index in [1.165, 1.54) is 23.1 Å². The zero-order chi connectivity index (χ0) is 13.3. The minimum absolute atomic E-state index is 0.279. The number of carboxylic acids is 1. The number of pyridine rings is 1. The van der Waals surface area contributed by atoms with Crippen LogP contribution in [0.1, 0.15) is 20.9 Å². The predicted octanol–water partition coefficient (Wildman–Crippen LogP) is 3.77. The maximum atomic E-state index is 10.9. The Balaban J connectivity index is 2.32. The number of halogens is 1. The molecule has 0 saturated heterocycles. The Morgan fingerprint density at radius 2 is 2.22 bits per heavy atom. The molecule has 7 heteroatoms. The van der Waals surface area contributed by atoms with Crippen molar-refractivity contribution in [3.63, 3.8) is 0 Å². The summed E-state index contributed by atoms with van der Waals surface area (Å²) < 4.78 is 1.60. The first kappa shape index (κ1) is 13.5. The van der Waals surface area contributed by atoms with Crippen LogP contribution in [0, 0.1) is 13.8 Å². The molecule has 2 rings (SSSR count). The number of carbonyl (C=O) groups is 1. The Bertz CT molecular complexity index is 613.